The van der Waals surface area contributed by atoms with Gasteiger partial charge in [0.25, 0.3) is 5.91 Å². The van der Waals surface area contributed by atoms with Gasteiger partial charge in [-0.25, -0.2) is 13.4 Å². The molecule has 3 rings (SSSR count). The fourth-order valence-corrected chi connectivity index (χ4v) is 3.58. The molecule has 120 valence electrons. The largest absolute Gasteiger partial charge is 0.506 e. The lowest BCUT2D eigenvalue weighted by molar-refractivity contribution is -0.117. The highest BCUT2D eigenvalue weighted by atomic mass is 32.2. The van der Waals surface area contributed by atoms with Gasteiger partial charge in [0.2, 0.25) is 0 Å². The van der Waals surface area contributed by atoms with E-state index < -0.39 is 16.1 Å². The molecule has 1 aliphatic heterocycles. The molecule has 8 heteroatoms. The van der Waals surface area contributed by atoms with Crippen molar-refractivity contribution in [3.05, 3.63) is 59.4 Å². The standard InChI is InChI=1S/C15H13FN2O4S/c16-12-4-2-1-3-11(12)7-10-5-6-13(14(19)8-10)18-9-15(20)17-23(18,21)22/h1-6,8,19H,7,9H2,(H,17,20). The van der Waals surface area contributed by atoms with E-state index in [1.807, 2.05) is 4.72 Å². The second kappa shape index (κ2) is 5.54. The highest BCUT2D eigenvalue weighted by molar-refractivity contribution is 7.92. The Morgan fingerprint density at radius 2 is 1.96 bits per heavy atom. The second-order valence-corrected chi connectivity index (χ2v) is 6.72. The van der Waals surface area contributed by atoms with Gasteiger partial charge in [-0.2, -0.15) is 8.42 Å². The summed E-state index contributed by atoms with van der Waals surface area (Å²) in [6, 6.07) is 10.6. The Morgan fingerprint density at radius 1 is 1.22 bits per heavy atom. The second-order valence-electron chi connectivity index (χ2n) is 5.13. The van der Waals surface area contributed by atoms with Gasteiger partial charge in [-0.3, -0.25) is 4.79 Å². The zero-order chi connectivity index (χ0) is 16.6. The number of phenolic OH excluding ortho intramolecular Hbond substituents is 1. The molecule has 23 heavy (non-hydrogen) atoms. The maximum Gasteiger partial charge on any atom is 0.326 e. The number of aromatic hydroxyl groups is 1. The van der Waals surface area contributed by atoms with E-state index in [-0.39, 0.29) is 30.2 Å². The smallest absolute Gasteiger partial charge is 0.326 e. The number of hydrogen-bond acceptors (Lipinski definition) is 4. The molecule has 1 aliphatic rings. The molecule has 1 fully saturated rings. The predicted molar refractivity (Wildman–Crippen MR) is 81.7 cm³/mol. The normalized spacial score (nSPS) is 16.4. The third-order valence-corrected chi connectivity index (χ3v) is 4.87. The van der Waals surface area contributed by atoms with Crippen molar-refractivity contribution in [1.29, 1.82) is 0 Å². The van der Waals surface area contributed by atoms with E-state index in [2.05, 4.69) is 0 Å². The van der Waals surface area contributed by atoms with Gasteiger partial charge in [0.15, 0.2) is 0 Å². The van der Waals surface area contributed by atoms with Gasteiger partial charge >= 0.3 is 10.2 Å². The molecule has 0 atom stereocenters. The van der Waals surface area contributed by atoms with E-state index in [1.54, 1.807) is 24.3 Å². The molecule has 2 N–H and O–H groups in total. The van der Waals surface area contributed by atoms with Crippen molar-refractivity contribution in [3.8, 4) is 5.75 Å². The average Bonchev–Trinajstić information content (AvgIpc) is 2.74. The summed E-state index contributed by atoms with van der Waals surface area (Å²) in [5.74, 6) is -1.31. The van der Waals surface area contributed by atoms with E-state index in [1.165, 1.54) is 18.2 Å². The van der Waals surface area contributed by atoms with Crippen LogP contribution in [0.25, 0.3) is 0 Å². The third kappa shape index (κ3) is 2.98. The first kappa shape index (κ1) is 15.3. The Labute approximate surface area is 132 Å². The molecular formula is C15H13FN2O4S. The minimum absolute atomic E-state index is 0.000587. The van der Waals surface area contributed by atoms with Crippen LogP contribution in [0.2, 0.25) is 0 Å². The van der Waals surface area contributed by atoms with Crippen molar-refractivity contribution < 1.29 is 22.7 Å². The first-order valence-corrected chi connectivity index (χ1v) is 8.19. The Bertz CT molecular complexity index is 883. The summed E-state index contributed by atoms with van der Waals surface area (Å²) in [4.78, 5) is 11.2. The maximum absolute atomic E-state index is 13.6. The summed E-state index contributed by atoms with van der Waals surface area (Å²) in [6.45, 7) is -0.386. The number of nitrogens with zero attached hydrogens (tertiary/aromatic N) is 1. The van der Waals surface area contributed by atoms with Gasteiger partial charge in [-0.05, 0) is 29.3 Å². The molecule has 0 radical (unpaired) electrons. The van der Waals surface area contributed by atoms with Crippen molar-refractivity contribution in [2.75, 3.05) is 10.8 Å². The van der Waals surface area contributed by atoms with Crippen LogP contribution in [0, 0.1) is 5.82 Å². The lowest BCUT2D eigenvalue weighted by atomic mass is 10.0. The van der Waals surface area contributed by atoms with Crippen molar-refractivity contribution in [2.45, 2.75) is 6.42 Å². The summed E-state index contributed by atoms with van der Waals surface area (Å²) in [5.41, 5.74) is 1.08. The molecule has 1 heterocycles. The molecule has 1 saturated heterocycles. The fourth-order valence-electron chi connectivity index (χ4n) is 2.41. The monoisotopic (exact) mass is 336 g/mol. The van der Waals surface area contributed by atoms with Crippen LogP contribution in [-0.2, 0) is 21.4 Å². The molecule has 0 bridgehead atoms. The van der Waals surface area contributed by atoms with Crippen LogP contribution in [0.5, 0.6) is 5.75 Å². The van der Waals surface area contributed by atoms with Gasteiger partial charge in [0.1, 0.15) is 18.1 Å². The van der Waals surface area contributed by atoms with Crippen LogP contribution in [0.15, 0.2) is 42.5 Å². The molecule has 2 aromatic carbocycles. The van der Waals surface area contributed by atoms with Crippen molar-refractivity contribution in [2.24, 2.45) is 0 Å². The zero-order valence-electron chi connectivity index (χ0n) is 11.9. The number of halogens is 1. The number of anilines is 1. The number of rotatable bonds is 3. The molecule has 0 saturated carbocycles. The van der Waals surface area contributed by atoms with E-state index in [4.69, 9.17) is 0 Å². The Hall–Kier alpha value is -2.61. The average molecular weight is 336 g/mol. The maximum atomic E-state index is 13.6. The molecule has 0 aromatic heterocycles. The number of carbonyl (C=O) groups excluding carboxylic acids is 1. The Morgan fingerprint density at radius 3 is 2.57 bits per heavy atom. The third-order valence-electron chi connectivity index (χ3n) is 3.48. The molecule has 0 spiro atoms. The van der Waals surface area contributed by atoms with Crippen LogP contribution < -0.4 is 9.03 Å². The van der Waals surface area contributed by atoms with E-state index >= 15 is 0 Å². The summed E-state index contributed by atoms with van der Waals surface area (Å²) < 4.78 is 39.8. The SMILES string of the molecule is O=C1CN(c2ccc(Cc3ccccc3F)cc2O)S(=O)(=O)N1. The van der Waals surface area contributed by atoms with Crippen molar-refractivity contribution >= 4 is 21.8 Å². The molecular weight excluding hydrogens is 323 g/mol. The zero-order valence-corrected chi connectivity index (χ0v) is 12.7. The number of nitrogens with one attached hydrogen (secondary N) is 1. The lowest BCUT2D eigenvalue weighted by Gasteiger charge is -2.16. The first-order chi connectivity index (χ1) is 10.9. The number of hydrogen-bond donors (Lipinski definition) is 2. The number of carbonyl (C=O) groups is 1. The summed E-state index contributed by atoms with van der Waals surface area (Å²) in [5, 5.41) is 10.1. The highest BCUT2D eigenvalue weighted by Gasteiger charge is 2.35. The van der Waals surface area contributed by atoms with E-state index in [0.29, 0.717) is 11.1 Å². The number of phenols is 1. The Kier molecular flexibility index (Phi) is 3.69. The van der Waals surface area contributed by atoms with E-state index in [9.17, 15) is 22.7 Å². The van der Waals surface area contributed by atoms with Gasteiger partial charge in [0.05, 0.1) is 5.69 Å². The van der Waals surface area contributed by atoms with Crippen LogP contribution in [-0.4, -0.2) is 26.0 Å². The van der Waals surface area contributed by atoms with Gasteiger partial charge in [-0.1, -0.05) is 24.3 Å². The summed E-state index contributed by atoms with van der Waals surface area (Å²) >= 11 is 0. The number of benzene rings is 2. The quantitative estimate of drug-likeness (QED) is 0.885. The van der Waals surface area contributed by atoms with Crippen LogP contribution >= 0.6 is 0 Å². The van der Waals surface area contributed by atoms with Gasteiger partial charge < -0.3 is 5.11 Å². The van der Waals surface area contributed by atoms with Gasteiger partial charge in [-0.15, -0.1) is 0 Å². The Balaban J connectivity index is 1.90. The summed E-state index contributed by atoms with van der Waals surface area (Å²) in [7, 11) is -3.98. The highest BCUT2D eigenvalue weighted by Crippen LogP contribution is 2.32. The minimum atomic E-state index is -3.98. The summed E-state index contributed by atoms with van der Waals surface area (Å²) in [6.07, 6.45) is 0.254. The van der Waals surface area contributed by atoms with Gasteiger partial charge in [0, 0.05) is 6.42 Å². The van der Waals surface area contributed by atoms with Crippen LogP contribution in [0.4, 0.5) is 10.1 Å². The van der Waals surface area contributed by atoms with Crippen molar-refractivity contribution in [1.82, 2.24) is 4.72 Å². The fraction of sp³-hybridized carbons (Fsp3) is 0.133. The molecule has 6 nitrogen and oxygen atoms in total. The van der Waals surface area contributed by atoms with Crippen molar-refractivity contribution in [3.63, 3.8) is 0 Å². The lowest BCUT2D eigenvalue weighted by Crippen LogP contribution is -2.29. The topological polar surface area (TPSA) is 86.7 Å². The first-order valence-electron chi connectivity index (χ1n) is 6.75. The molecule has 2 aromatic rings. The molecule has 1 amide bonds. The number of amides is 1. The van der Waals surface area contributed by atoms with Crippen LogP contribution in [0.1, 0.15) is 11.1 Å². The van der Waals surface area contributed by atoms with Crippen LogP contribution in [0.3, 0.4) is 0 Å². The predicted octanol–water partition coefficient (Wildman–Crippen LogP) is 1.30. The molecule has 0 unspecified atom stereocenters. The minimum Gasteiger partial charge on any atom is -0.506 e. The molecule has 0 aliphatic carbocycles. The van der Waals surface area contributed by atoms with E-state index in [0.717, 1.165) is 4.31 Å².